The smallest absolute Gasteiger partial charge is 0.455 e. The van der Waals surface area contributed by atoms with Crippen molar-refractivity contribution in [3.8, 4) is 5.88 Å². The van der Waals surface area contributed by atoms with Gasteiger partial charge in [0, 0.05) is 0 Å². The molecule has 0 N–H and O–H groups in total. The number of methoxy groups -OCH3 is 1. The summed E-state index contributed by atoms with van der Waals surface area (Å²) in [6.45, 7) is 10.8. The summed E-state index contributed by atoms with van der Waals surface area (Å²) >= 11 is 0. The van der Waals surface area contributed by atoms with Crippen LogP contribution in [0.2, 0.25) is 0 Å². The van der Waals surface area contributed by atoms with Gasteiger partial charge in [-0.1, -0.05) is 5.17 Å². The predicted octanol–water partition coefficient (Wildman–Crippen LogP) is 2.44. The molecule has 9 nitrogen and oxygen atoms in total. The molecule has 2 heterocycles. The first-order valence-electron chi connectivity index (χ1n) is 7.46. The summed E-state index contributed by atoms with van der Waals surface area (Å²) < 4.78 is 11.9. The Balaban J connectivity index is 2.49. The fraction of sp³-hybridized carbons (Fsp3) is 0.600. The SMILES string of the molecule is COc1ncnc2c1ncn2N(OC(C)(C)C)C(=O)OC(C)(C)C. The lowest BCUT2D eigenvalue weighted by Gasteiger charge is -2.31. The van der Waals surface area contributed by atoms with Crippen LogP contribution in [0.3, 0.4) is 0 Å². The summed E-state index contributed by atoms with van der Waals surface area (Å²) in [5.74, 6) is 0.304. The Morgan fingerprint density at radius 2 is 1.75 bits per heavy atom. The average Bonchev–Trinajstić information content (AvgIpc) is 2.85. The van der Waals surface area contributed by atoms with Crippen molar-refractivity contribution in [1.82, 2.24) is 19.6 Å². The molecule has 132 valence electrons. The highest BCUT2D eigenvalue weighted by Gasteiger charge is 2.30. The molecule has 0 aliphatic rings. The number of hydrogen-bond donors (Lipinski definition) is 0. The molecule has 24 heavy (non-hydrogen) atoms. The second-order valence-electron chi connectivity index (χ2n) is 7.10. The summed E-state index contributed by atoms with van der Waals surface area (Å²) in [4.78, 5) is 30.7. The molecule has 0 bridgehead atoms. The van der Waals surface area contributed by atoms with Gasteiger partial charge in [-0.05, 0) is 41.5 Å². The molecule has 0 atom stereocenters. The number of amides is 1. The van der Waals surface area contributed by atoms with E-state index in [1.54, 1.807) is 20.8 Å². The number of ether oxygens (including phenoxy) is 2. The molecule has 0 fully saturated rings. The minimum absolute atomic E-state index is 0.304. The van der Waals surface area contributed by atoms with Gasteiger partial charge >= 0.3 is 6.09 Å². The Morgan fingerprint density at radius 1 is 1.08 bits per heavy atom. The van der Waals surface area contributed by atoms with Gasteiger partial charge in [0.2, 0.25) is 5.88 Å². The lowest BCUT2D eigenvalue weighted by molar-refractivity contribution is -0.0627. The van der Waals surface area contributed by atoms with Crippen LogP contribution in [0.15, 0.2) is 12.7 Å². The fourth-order valence-electron chi connectivity index (χ4n) is 1.81. The van der Waals surface area contributed by atoms with Crippen molar-refractivity contribution >= 4 is 17.3 Å². The highest BCUT2D eigenvalue weighted by atomic mass is 16.8. The number of hydrogen-bond acceptors (Lipinski definition) is 7. The zero-order chi connectivity index (χ0) is 18.1. The molecule has 0 spiro atoms. The van der Waals surface area contributed by atoms with Gasteiger partial charge in [0.25, 0.3) is 0 Å². The number of fused-ring (bicyclic) bond motifs is 1. The molecule has 1 amide bonds. The first kappa shape index (κ1) is 17.9. The van der Waals surface area contributed by atoms with E-state index in [0.29, 0.717) is 17.0 Å². The van der Waals surface area contributed by atoms with Crippen molar-refractivity contribution in [2.45, 2.75) is 52.7 Å². The number of carbonyl (C=O) groups is 1. The maximum Gasteiger partial charge on any atom is 0.455 e. The van der Waals surface area contributed by atoms with Gasteiger partial charge in [-0.3, -0.25) is 0 Å². The molecule has 0 aliphatic carbocycles. The normalized spacial score (nSPS) is 12.3. The third-order valence-electron chi connectivity index (χ3n) is 2.58. The fourth-order valence-corrected chi connectivity index (χ4v) is 1.81. The van der Waals surface area contributed by atoms with Crippen molar-refractivity contribution in [2.75, 3.05) is 12.3 Å². The van der Waals surface area contributed by atoms with Gasteiger partial charge in [0.15, 0.2) is 11.2 Å². The van der Waals surface area contributed by atoms with Crippen LogP contribution in [-0.4, -0.2) is 44.0 Å². The van der Waals surface area contributed by atoms with E-state index in [4.69, 9.17) is 14.3 Å². The molecule has 0 unspecified atom stereocenters. The lowest BCUT2D eigenvalue weighted by Crippen LogP contribution is -2.47. The minimum atomic E-state index is -0.686. The van der Waals surface area contributed by atoms with Crippen LogP contribution in [0.4, 0.5) is 4.79 Å². The molecule has 9 heteroatoms. The lowest BCUT2D eigenvalue weighted by atomic mass is 10.2. The van der Waals surface area contributed by atoms with E-state index in [1.165, 1.54) is 24.4 Å². The van der Waals surface area contributed by atoms with Crippen molar-refractivity contribution in [2.24, 2.45) is 0 Å². The molecule has 0 saturated carbocycles. The highest BCUT2D eigenvalue weighted by Crippen LogP contribution is 2.22. The summed E-state index contributed by atoms with van der Waals surface area (Å²) in [5.41, 5.74) is -0.562. The number of rotatable bonds is 3. The van der Waals surface area contributed by atoms with E-state index < -0.39 is 17.3 Å². The standard InChI is InChI=1S/C15H23N5O4/c1-14(2,3)23-13(21)20(24-15(4,5)6)19-9-18-10-11(19)16-8-17-12(10)22-7/h8-9H,1-7H3. The Labute approximate surface area is 140 Å². The minimum Gasteiger partial charge on any atom is -0.479 e. The molecule has 2 rings (SSSR count). The predicted molar refractivity (Wildman–Crippen MR) is 87.2 cm³/mol. The van der Waals surface area contributed by atoms with E-state index in [-0.39, 0.29) is 0 Å². The van der Waals surface area contributed by atoms with E-state index >= 15 is 0 Å². The molecular formula is C15H23N5O4. The van der Waals surface area contributed by atoms with Crippen molar-refractivity contribution in [1.29, 1.82) is 0 Å². The van der Waals surface area contributed by atoms with Gasteiger partial charge < -0.3 is 9.47 Å². The number of nitrogens with zero attached hydrogens (tertiary/aromatic N) is 5. The van der Waals surface area contributed by atoms with E-state index in [0.717, 1.165) is 5.17 Å². The Bertz CT molecular complexity index is 730. The van der Waals surface area contributed by atoms with E-state index in [2.05, 4.69) is 15.0 Å². The molecule has 2 aromatic heterocycles. The van der Waals surface area contributed by atoms with Crippen LogP contribution < -0.4 is 9.91 Å². The molecular weight excluding hydrogens is 314 g/mol. The van der Waals surface area contributed by atoms with Crippen molar-refractivity contribution in [3.05, 3.63) is 12.7 Å². The number of carbonyl (C=O) groups excluding carboxylic acids is 1. The third kappa shape index (κ3) is 4.10. The Kier molecular flexibility index (Phi) is 4.66. The van der Waals surface area contributed by atoms with Gasteiger partial charge in [-0.25, -0.2) is 19.6 Å². The average molecular weight is 337 g/mol. The van der Waals surface area contributed by atoms with E-state index in [1.807, 2.05) is 20.8 Å². The maximum atomic E-state index is 12.6. The van der Waals surface area contributed by atoms with Crippen LogP contribution >= 0.6 is 0 Å². The highest BCUT2D eigenvalue weighted by molar-refractivity contribution is 5.82. The first-order chi connectivity index (χ1) is 11.0. The van der Waals surface area contributed by atoms with Crippen LogP contribution in [-0.2, 0) is 9.57 Å². The molecule has 0 radical (unpaired) electrons. The van der Waals surface area contributed by atoms with Gasteiger partial charge in [0.1, 0.15) is 18.3 Å². The number of imidazole rings is 1. The Hall–Kier alpha value is -2.42. The third-order valence-corrected chi connectivity index (χ3v) is 2.58. The first-order valence-corrected chi connectivity index (χ1v) is 7.46. The molecule has 0 saturated heterocycles. The van der Waals surface area contributed by atoms with Gasteiger partial charge in [-0.2, -0.15) is 9.66 Å². The van der Waals surface area contributed by atoms with Crippen LogP contribution in [0.1, 0.15) is 41.5 Å². The van der Waals surface area contributed by atoms with Crippen molar-refractivity contribution < 1.29 is 19.1 Å². The second-order valence-corrected chi connectivity index (χ2v) is 7.10. The summed E-state index contributed by atoms with van der Waals surface area (Å²) in [7, 11) is 1.48. The summed E-state index contributed by atoms with van der Waals surface area (Å²) in [5, 5.41) is 0.993. The van der Waals surface area contributed by atoms with Crippen LogP contribution in [0.25, 0.3) is 11.2 Å². The molecule has 2 aromatic rings. The van der Waals surface area contributed by atoms with E-state index in [9.17, 15) is 4.79 Å². The zero-order valence-corrected chi connectivity index (χ0v) is 15.0. The quantitative estimate of drug-likeness (QED) is 0.794. The summed E-state index contributed by atoms with van der Waals surface area (Å²) in [6, 6.07) is 0. The number of aromatic nitrogens is 4. The van der Waals surface area contributed by atoms with Crippen LogP contribution in [0, 0.1) is 0 Å². The van der Waals surface area contributed by atoms with Gasteiger partial charge in [-0.15, -0.1) is 0 Å². The molecule has 0 aromatic carbocycles. The van der Waals surface area contributed by atoms with Crippen LogP contribution in [0.5, 0.6) is 5.88 Å². The summed E-state index contributed by atoms with van der Waals surface area (Å²) in [6.07, 6.45) is 2.04. The molecule has 0 aliphatic heterocycles. The van der Waals surface area contributed by atoms with Gasteiger partial charge in [0.05, 0.1) is 12.7 Å². The largest absolute Gasteiger partial charge is 0.479 e. The monoisotopic (exact) mass is 337 g/mol. The maximum absolute atomic E-state index is 12.6. The second kappa shape index (κ2) is 6.23. The Morgan fingerprint density at radius 3 is 2.29 bits per heavy atom. The van der Waals surface area contributed by atoms with Crippen molar-refractivity contribution in [3.63, 3.8) is 0 Å². The zero-order valence-electron chi connectivity index (χ0n) is 15.0. The number of hydroxylamine groups is 1. The topological polar surface area (TPSA) is 91.6 Å².